The number of hydrogen-bond donors (Lipinski definition) is 1. The highest BCUT2D eigenvalue weighted by Gasteiger charge is 2.22. The van der Waals surface area contributed by atoms with Crippen LogP contribution in [-0.2, 0) is 11.2 Å². The number of thiazole rings is 1. The van der Waals surface area contributed by atoms with Gasteiger partial charge < -0.3 is 9.84 Å². The number of fused-ring (bicyclic) bond motifs is 1. The van der Waals surface area contributed by atoms with E-state index in [0.29, 0.717) is 5.75 Å². The molecule has 0 amide bonds. The number of carboxylic acid groups (broad SMARTS) is 1. The first-order valence-corrected chi connectivity index (χ1v) is 13.3. The van der Waals surface area contributed by atoms with Crippen molar-refractivity contribution < 1.29 is 14.6 Å². The summed E-state index contributed by atoms with van der Waals surface area (Å²) >= 11 is 8.92. The maximum absolute atomic E-state index is 11.9. The minimum Gasteiger partial charge on any atom is -0.478 e. The van der Waals surface area contributed by atoms with Gasteiger partial charge in [0.2, 0.25) is 0 Å². The molecule has 5 rings (SSSR count). The second kappa shape index (κ2) is 10.3. The van der Waals surface area contributed by atoms with Crippen LogP contribution in [0, 0.1) is 0 Å². The molecule has 5 aromatic rings. The summed E-state index contributed by atoms with van der Waals surface area (Å²) in [5.41, 5.74) is 3.88. The van der Waals surface area contributed by atoms with Gasteiger partial charge in [-0.2, -0.15) is 0 Å². The average molecular weight is 609 g/mol. The van der Waals surface area contributed by atoms with Crippen LogP contribution in [0.5, 0.6) is 5.75 Å². The van der Waals surface area contributed by atoms with Crippen molar-refractivity contribution in [2.75, 3.05) is 0 Å². The van der Waals surface area contributed by atoms with E-state index < -0.39 is 12.1 Å². The molecule has 0 spiro atoms. The van der Waals surface area contributed by atoms with E-state index in [1.807, 2.05) is 72.8 Å². The van der Waals surface area contributed by atoms with Gasteiger partial charge in [0.05, 0.1) is 14.0 Å². The molecule has 0 aliphatic carbocycles. The Balaban J connectivity index is 1.44. The summed E-state index contributed by atoms with van der Waals surface area (Å²) < 4.78 is 7.64. The SMILES string of the molecule is O=C(O)C(Cc1ccccc1)Oc1ccc2cc(-c3nc(-c4ccccc4)sc3Br)ccc2c1Br. The molecule has 0 aliphatic heterocycles. The molecule has 4 nitrogen and oxygen atoms in total. The van der Waals surface area contributed by atoms with E-state index in [1.54, 1.807) is 11.3 Å². The summed E-state index contributed by atoms with van der Waals surface area (Å²) in [5.74, 6) is -0.506. The molecular weight excluding hydrogens is 590 g/mol. The molecule has 0 fully saturated rings. The van der Waals surface area contributed by atoms with Gasteiger partial charge in [0.25, 0.3) is 0 Å². The minimum absolute atomic E-state index is 0.279. The summed E-state index contributed by atoms with van der Waals surface area (Å²) in [6.07, 6.45) is -0.714. The molecule has 1 unspecified atom stereocenters. The number of rotatable bonds is 7. The normalized spacial score (nSPS) is 11.9. The van der Waals surface area contributed by atoms with Crippen LogP contribution >= 0.6 is 43.2 Å². The fraction of sp³-hybridized carbons (Fsp3) is 0.0714. The molecule has 0 saturated carbocycles. The van der Waals surface area contributed by atoms with Crippen molar-refractivity contribution in [3.05, 3.63) is 105 Å². The molecule has 1 atom stereocenters. The lowest BCUT2D eigenvalue weighted by Gasteiger charge is -2.17. The number of hydrogen-bond acceptors (Lipinski definition) is 4. The van der Waals surface area contributed by atoms with Crippen LogP contribution in [0.1, 0.15) is 5.56 Å². The van der Waals surface area contributed by atoms with Gasteiger partial charge >= 0.3 is 5.97 Å². The van der Waals surface area contributed by atoms with Crippen molar-refractivity contribution in [3.63, 3.8) is 0 Å². The third-order valence-electron chi connectivity index (χ3n) is 5.61. The molecule has 1 heterocycles. The zero-order valence-corrected chi connectivity index (χ0v) is 22.3. The quantitative estimate of drug-likeness (QED) is 0.202. The third kappa shape index (κ3) is 5.17. The van der Waals surface area contributed by atoms with Crippen LogP contribution in [0.4, 0.5) is 0 Å². The van der Waals surface area contributed by atoms with Crippen LogP contribution in [-0.4, -0.2) is 22.2 Å². The maximum Gasteiger partial charge on any atom is 0.345 e. The topological polar surface area (TPSA) is 59.4 Å². The molecule has 4 aromatic carbocycles. The Morgan fingerprint density at radius 1 is 0.914 bits per heavy atom. The Bertz CT molecular complexity index is 1500. The zero-order chi connectivity index (χ0) is 24.4. The smallest absolute Gasteiger partial charge is 0.345 e. The Kier molecular flexibility index (Phi) is 7.00. The number of benzene rings is 4. The predicted octanol–water partition coefficient (Wildman–Crippen LogP) is 8.23. The number of halogens is 2. The van der Waals surface area contributed by atoms with Crippen LogP contribution in [0.3, 0.4) is 0 Å². The van der Waals surface area contributed by atoms with Crippen molar-refractivity contribution >= 4 is 59.9 Å². The number of ether oxygens (including phenoxy) is 1. The van der Waals surface area contributed by atoms with Crippen LogP contribution in [0.2, 0.25) is 0 Å². The molecule has 1 N–H and O–H groups in total. The molecule has 1 aromatic heterocycles. The molecule has 0 saturated heterocycles. The zero-order valence-electron chi connectivity index (χ0n) is 18.3. The van der Waals surface area contributed by atoms with Crippen LogP contribution < -0.4 is 4.74 Å². The number of carbonyl (C=O) groups is 1. The van der Waals surface area contributed by atoms with E-state index in [4.69, 9.17) is 9.72 Å². The maximum atomic E-state index is 11.9. The standard InChI is InChI=1S/C28H19Br2NO3S/c29-24-21-13-11-20(25-26(30)35-27(31-25)18-9-5-2-6-10-18)16-19(21)12-14-22(24)34-23(28(32)33)15-17-7-3-1-4-8-17/h1-14,16,23H,15H2,(H,32,33). The van der Waals surface area contributed by atoms with Gasteiger partial charge in [-0.1, -0.05) is 78.9 Å². The van der Waals surface area contributed by atoms with Crippen molar-refractivity contribution in [1.82, 2.24) is 4.98 Å². The van der Waals surface area contributed by atoms with E-state index >= 15 is 0 Å². The third-order valence-corrected chi connectivity index (χ3v) is 8.18. The summed E-state index contributed by atoms with van der Waals surface area (Å²) in [4.78, 5) is 16.7. The number of nitrogens with zero attached hydrogens (tertiary/aromatic N) is 1. The summed E-state index contributed by atoms with van der Waals surface area (Å²) in [6, 6.07) is 29.4. The highest BCUT2D eigenvalue weighted by molar-refractivity contribution is 9.11. The Labute approximate surface area is 223 Å². The van der Waals surface area contributed by atoms with Crippen LogP contribution in [0.15, 0.2) is 99.3 Å². The van der Waals surface area contributed by atoms with E-state index in [9.17, 15) is 9.90 Å². The first-order chi connectivity index (χ1) is 17.0. The Morgan fingerprint density at radius 2 is 1.63 bits per heavy atom. The molecule has 0 aliphatic rings. The van der Waals surface area contributed by atoms with Gasteiger partial charge in [-0.3, -0.25) is 0 Å². The number of aromatic nitrogens is 1. The van der Waals surface area contributed by atoms with Crippen molar-refractivity contribution in [1.29, 1.82) is 0 Å². The first kappa shape index (κ1) is 23.7. The lowest BCUT2D eigenvalue weighted by molar-refractivity contribution is -0.145. The summed E-state index contributed by atoms with van der Waals surface area (Å²) in [6.45, 7) is 0. The highest BCUT2D eigenvalue weighted by atomic mass is 79.9. The average Bonchev–Trinajstić information content (AvgIpc) is 3.27. The van der Waals surface area contributed by atoms with Gasteiger partial charge in [0, 0.05) is 17.5 Å². The fourth-order valence-corrected chi connectivity index (χ4v) is 6.04. The fourth-order valence-electron chi connectivity index (χ4n) is 3.85. The van der Waals surface area contributed by atoms with Crippen molar-refractivity contribution in [2.45, 2.75) is 12.5 Å². The Morgan fingerprint density at radius 3 is 2.34 bits per heavy atom. The molecule has 174 valence electrons. The van der Waals surface area contributed by atoms with E-state index in [2.05, 4.69) is 50.1 Å². The lowest BCUT2D eigenvalue weighted by Crippen LogP contribution is -2.29. The van der Waals surface area contributed by atoms with Crippen LogP contribution in [0.25, 0.3) is 32.6 Å². The number of aliphatic carboxylic acids is 1. The molecular formula is C28H19Br2NO3S. The molecule has 7 heteroatoms. The van der Waals surface area contributed by atoms with Gasteiger partial charge in [0.15, 0.2) is 6.10 Å². The summed E-state index contributed by atoms with van der Waals surface area (Å²) in [7, 11) is 0. The predicted molar refractivity (Wildman–Crippen MR) is 148 cm³/mol. The van der Waals surface area contributed by atoms with Gasteiger partial charge in [-0.25, -0.2) is 9.78 Å². The first-order valence-electron chi connectivity index (χ1n) is 10.9. The van der Waals surface area contributed by atoms with E-state index in [0.717, 1.165) is 46.4 Å². The monoisotopic (exact) mass is 607 g/mol. The minimum atomic E-state index is -1.00. The molecule has 0 bridgehead atoms. The van der Waals surface area contributed by atoms with Gasteiger partial charge in [0.1, 0.15) is 10.8 Å². The molecule has 0 radical (unpaired) electrons. The number of carboxylic acids is 1. The largest absolute Gasteiger partial charge is 0.478 e. The highest BCUT2D eigenvalue weighted by Crippen LogP contribution is 2.40. The lowest BCUT2D eigenvalue weighted by atomic mass is 10.0. The second-order valence-corrected chi connectivity index (χ2v) is 11.1. The Hall–Kier alpha value is -3.00. The van der Waals surface area contributed by atoms with Crippen molar-refractivity contribution in [2.24, 2.45) is 0 Å². The van der Waals surface area contributed by atoms with Crippen molar-refractivity contribution in [3.8, 4) is 27.6 Å². The van der Waals surface area contributed by atoms with Gasteiger partial charge in [-0.05, 0) is 60.3 Å². The van der Waals surface area contributed by atoms with E-state index in [1.165, 1.54) is 0 Å². The van der Waals surface area contributed by atoms with E-state index in [-0.39, 0.29) is 6.42 Å². The molecule has 35 heavy (non-hydrogen) atoms. The van der Waals surface area contributed by atoms with Gasteiger partial charge in [-0.15, -0.1) is 11.3 Å². The second-order valence-electron chi connectivity index (χ2n) is 7.96. The summed E-state index contributed by atoms with van der Waals surface area (Å²) in [5, 5.41) is 12.6.